The van der Waals surface area contributed by atoms with Crippen LogP contribution in [0.3, 0.4) is 0 Å². The van der Waals surface area contributed by atoms with Crippen LogP contribution in [0.2, 0.25) is 0 Å². The molecule has 1 fully saturated rings. The predicted molar refractivity (Wildman–Crippen MR) is 112 cm³/mol. The molecule has 0 unspecified atom stereocenters. The number of Topliss-reactive ketones (excluding diaryl/α,β-unsaturated/α-hetero) is 1. The number of carbonyl (C=O) groups is 1. The van der Waals surface area contributed by atoms with E-state index in [4.69, 9.17) is 0 Å². The number of para-hydroxylation sites is 2. The van der Waals surface area contributed by atoms with Gasteiger partial charge in [-0.25, -0.2) is 13.4 Å². The number of aromatic nitrogens is 2. The van der Waals surface area contributed by atoms with E-state index < -0.39 is 10.0 Å². The van der Waals surface area contributed by atoms with Crippen molar-refractivity contribution in [3.05, 3.63) is 66.5 Å². The predicted octanol–water partition coefficient (Wildman–Crippen LogP) is 3.87. The van der Waals surface area contributed by atoms with Gasteiger partial charge < -0.3 is 5.32 Å². The molecule has 3 aromatic rings. The van der Waals surface area contributed by atoms with Crippen LogP contribution in [0, 0.1) is 0 Å². The second kappa shape index (κ2) is 8.00. The number of ketones is 1. The Bertz CT molecular complexity index is 1190. The van der Waals surface area contributed by atoms with Crippen LogP contribution in [0.5, 0.6) is 0 Å². The van der Waals surface area contributed by atoms with Crippen LogP contribution in [-0.2, 0) is 14.8 Å². The first-order valence-electron chi connectivity index (χ1n) is 9.35. The van der Waals surface area contributed by atoms with E-state index in [1.165, 1.54) is 18.3 Å². The molecule has 8 heteroatoms. The minimum absolute atomic E-state index is 0.111. The highest BCUT2D eigenvalue weighted by Gasteiger charge is 2.16. The van der Waals surface area contributed by atoms with Crippen molar-refractivity contribution in [3.8, 4) is 0 Å². The van der Waals surface area contributed by atoms with Gasteiger partial charge in [-0.2, -0.15) is 0 Å². The van der Waals surface area contributed by atoms with Gasteiger partial charge in [0.1, 0.15) is 0 Å². The average molecular weight is 408 g/mol. The third-order valence-electron chi connectivity index (χ3n) is 4.72. The van der Waals surface area contributed by atoms with E-state index in [1.54, 1.807) is 24.4 Å². The van der Waals surface area contributed by atoms with Gasteiger partial charge in [0.2, 0.25) is 0 Å². The monoisotopic (exact) mass is 408 g/mol. The fraction of sp³-hybridized carbons (Fsp3) is 0.190. The van der Waals surface area contributed by atoms with Crippen molar-refractivity contribution in [3.63, 3.8) is 0 Å². The smallest absolute Gasteiger partial charge is 0.263 e. The molecule has 0 radical (unpaired) electrons. The Morgan fingerprint density at radius 2 is 1.66 bits per heavy atom. The number of hydrogen-bond acceptors (Lipinski definition) is 6. The van der Waals surface area contributed by atoms with E-state index in [9.17, 15) is 13.2 Å². The number of hydrogen-bond donors (Lipinski definition) is 2. The van der Waals surface area contributed by atoms with Crippen LogP contribution in [-0.4, -0.2) is 24.2 Å². The van der Waals surface area contributed by atoms with Crippen LogP contribution >= 0.6 is 0 Å². The largest absolute Gasteiger partial charge is 0.361 e. The average Bonchev–Trinajstić information content (AvgIpc) is 2.73. The molecule has 2 aromatic carbocycles. The number of anilines is 2. The first-order chi connectivity index (χ1) is 14.0. The van der Waals surface area contributed by atoms with Gasteiger partial charge in [0.05, 0.1) is 22.1 Å². The SMILES string of the molecule is O=C1CCCC/C1=C/Nc1ccc(S(=O)(=O)Nc2cnc3ccccc3n2)cc1. The highest BCUT2D eigenvalue weighted by Crippen LogP contribution is 2.21. The summed E-state index contributed by atoms with van der Waals surface area (Å²) in [6.45, 7) is 0. The zero-order chi connectivity index (χ0) is 20.3. The third kappa shape index (κ3) is 4.43. The molecule has 0 atom stereocenters. The second-order valence-corrected chi connectivity index (χ2v) is 8.50. The molecule has 2 N–H and O–H groups in total. The summed E-state index contributed by atoms with van der Waals surface area (Å²) in [6, 6.07) is 13.6. The van der Waals surface area contributed by atoms with Crippen molar-refractivity contribution in [2.45, 2.75) is 30.6 Å². The summed E-state index contributed by atoms with van der Waals surface area (Å²) < 4.78 is 27.7. The number of nitrogens with zero attached hydrogens (tertiary/aromatic N) is 2. The lowest BCUT2D eigenvalue weighted by molar-refractivity contribution is -0.116. The Morgan fingerprint density at radius 1 is 0.931 bits per heavy atom. The Labute approximate surface area is 168 Å². The van der Waals surface area contributed by atoms with Crippen molar-refractivity contribution >= 4 is 38.3 Å². The fourth-order valence-corrected chi connectivity index (χ4v) is 4.14. The first kappa shape index (κ1) is 19.1. The Morgan fingerprint density at radius 3 is 2.41 bits per heavy atom. The van der Waals surface area contributed by atoms with Gasteiger partial charge in [-0.1, -0.05) is 12.1 Å². The molecule has 0 spiro atoms. The lowest BCUT2D eigenvalue weighted by Gasteiger charge is -2.13. The van der Waals surface area contributed by atoms with Gasteiger partial charge in [-0.05, 0) is 55.7 Å². The molecular formula is C21H20N4O3S. The molecule has 0 aliphatic heterocycles. The molecule has 0 bridgehead atoms. The number of benzene rings is 2. The Balaban J connectivity index is 1.48. The summed E-state index contributed by atoms with van der Waals surface area (Å²) in [7, 11) is -3.79. The van der Waals surface area contributed by atoms with Crippen LogP contribution in [0.4, 0.5) is 11.5 Å². The van der Waals surface area contributed by atoms with E-state index >= 15 is 0 Å². The number of sulfonamides is 1. The Kier molecular flexibility index (Phi) is 5.26. The summed E-state index contributed by atoms with van der Waals surface area (Å²) in [4.78, 5) is 20.5. The van der Waals surface area contributed by atoms with Crippen LogP contribution in [0.25, 0.3) is 11.0 Å². The Hall–Kier alpha value is -3.26. The molecule has 1 aliphatic rings. The lowest BCUT2D eigenvalue weighted by Crippen LogP contribution is -2.14. The fourth-order valence-electron chi connectivity index (χ4n) is 3.16. The number of rotatable bonds is 5. The molecule has 1 heterocycles. The molecule has 1 saturated carbocycles. The molecule has 29 heavy (non-hydrogen) atoms. The van der Waals surface area contributed by atoms with Crippen molar-refractivity contribution in [1.29, 1.82) is 0 Å². The highest BCUT2D eigenvalue weighted by atomic mass is 32.2. The maximum absolute atomic E-state index is 12.6. The molecular weight excluding hydrogens is 388 g/mol. The van der Waals surface area contributed by atoms with Crippen molar-refractivity contribution < 1.29 is 13.2 Å². The number of nitrogens with one attached hydrogen (secondary N) is 2. The van der Waals surface area contributed by atoms with E-state index in [0.29, 0.717) is 23.1 Å². The van der Waals surface area contributed by atoms with Crippen LogP contribution in [0.15, 0.2) is 71.4 Å². The topological polar surface area (TPSA) is 101 Å². The van der Waals surface area contributed by atoms with Gasteiger partial charge >= 0.3 is 0 Å². The van der Waals surface area contributed by atoms with Crippen molar-refractivity contribution in [2.24, 2.45) is 0 Å². The molecule has 0 amide bonds. The molecule has 4 rings (SSSR count). The number of fused-ring (bicyclic) bond motifs is 1. The first-order valence-corrected chi connectivity index (χ1v) is 10.8. The summed E-state index contributed by atoms with van der Waals surface area (Å²) >= 11 is 0. The summed E-state index contributed by atoms with van der Waals surface area (Å²) in [6.07, 6.45) is 6.43. The normalized spacial score (nSPS) is 16.1. The minimum Gasteiger partial charge on any atom is -0.361 e. The van der Waals surface area contributed by atoms with Crippen molar-refractivity contribution in [2.75, 3.05) is 10.0 Å². The van der Waals surface area contributed by atoms with Gasteiger partial charge in [-0.3, -0.25) is 14.5 Å². The maximum Gasteiger partial charge on any atom is 0.263 e. The molecule has 1 aromatic heterocycles. The van der Waals surface area contributed by atoms with Crippen molar-refractivity contribution in [1.82, 2.24) is 9.97 Å². The minimum atomic E-state index is -3.79. The number of allylic oxidation sites excluding steroid dienone is 1. The molecule has 7 nitrogen and oxygen atoms in total. The highest BCUT2D eigenvalue weighted by molar-refractivity contribution is 7.92. The standard InChI is InChI=1S/C21H20N4O3S/c26-20-8-4-1-5-15(20)13-22-16-9-11-17(12-10-16)29(27,28)25-21-14-23-18-6-2-3-7-19(18)24-21/h2-3,6-7,9-14,22H,1,4-5,8H2,(H,24,25)/b15-13-. The van der Waals surface area contributed by atoms with E-state index in [2.05, 4.69) is 20.0 Å². The van der Waals surface area contributed by atoms with E-state index in [1.807, 2.05) is 18.2 Å². The van der Waals surface area contributed by atoms with Gasteiger partial charge in [0.25, 0.3) is 10.0 Å². The van der Waals surface area contributed by atoms with E-state index in [-0.39, 0.29) is 16.5 Å². The summed E-state index contributed by atoms with van der Waals surface area (Å²) in [5.74, 6) is 0.329. The zero-order valence-electron chi connectivity index (χ0n) is 15.6. The van der Waals surface area contributed by atoms with Gasteiger partial charge in [0.15, 0.2) is 11.6 Å². The second-order valence-electron chi connectivity index (χ2n) is 6.82. The lowest BCUT2D eigenvalue weighted by atomic mass is 9.94. The number of carbonyl (C=O) groups excluding carboxylic acids is 1. The third-order valence-corrected chi connectivity index (χ3v) is 6.09. The van der Waals surface area contributed by atoms with Gasteiger partial charge in [0, 0.05) is 23.9 Å². The molecule has 0 saturated heterocycles. The summed E-state index contributed by atoms with van der Waals surface area (Å²) in [5.41, 5.74) is 2.79. The van der Waals surface area contributed by atoms with Crippen LogP contribution < -0.4 is 10.0 Å². The summed E-state index contributed by atoms with van der Waals surface area (Å²) in [5, 5.41) is 3.07. The maximum atomic E-state index is 12.6. The van der Waals surface area contributed by atoms with Crippen LogP contribution in [0.1, 0.15) is 25.7 Å². The van der Waals surface area contributed by atoms with E-state index in [0.717, 1.165) is 24.8 Å². The zero-order valence-corrected chi connectivity index (χ0v) is 16.4. The molecule has 148 valence electrons. The van der Waals surface area contributed by atoms with Gasteiger partial charge in [-0.15, -0.1) is 0 Å². The quantitative estimate of drug-likeness (QED) is 0.622. The molecule has 1 aliphatic carbocycles.